The van der Waals surface area contributed by atoms with Crippen LogP contribution in [0.3, 0.4) is 0 Å². The zero-order chi connectivity index (χ0) is 20.8. The van der Waals surface area contributed by atoms with E-state index in [1.165, 1.54) is 17.4 Å². The number of carbonyl (C=O) groups is 2. The van der Waals surface area contributed by atoms with Crippen molar-refractivity contribution < 1.29 is 14.1 Å². The van der Waals surface area contributed by atoms with Gasteiger partial charge < -0.3 is 20.1 Å². The maximum Gasteiger partial charge on any atom is 0.238 e. The highest BCUT2D eigenvalue weighted by Crippen LogP contribution is 2.26. The second-order valence-corrected chi connectivity index (χ2v) is 9.39. The van der Waals surface area contributed by atoms with Crippen LogP contribution >= 0.6 is 27.7 Å². The largest absolute Gasteiger partial charge is 0.371 e. The fourth-order valence-electron chi connectivity index (χ4n) is 3.15. The van der Waals surface area contributed by atoms with Crippen LogP contribution in [0.15, 0.2) is 39.3 Å². The lowest BCUT2D eigenvalue weighted by Gasteiger charge is -2.19. The van der Waals surface area contributed by atoms with Crippen molar-refractivity contribution >= 4 is 51.0 Å². The number of nitrogens with one attached hydrogen (secondary N) is 2. The summed E-state index contributed by atoms with van der Waals surface area (Å²) in [6, 6.07) is 9.93. The van der Waals surface area contributed by atoms with Gasteiger partial charge in [-0.05, 0) is 44.4 Å². The summed E-state index contributed by atoms with van der Waals surface area (Å²) < 4.78 is 5.99. The van der Waals surface area contributed by atoms with Gasteiger partial charge in [-0.15, -0.1) is 11.8 Å². The Kier molecular flexibility index (Phi) is 7.60. The average molecular weight is 481 g/mol. The Bertz CT molecular complexity index is 860. The molecule has 0 radical (unpaired) electrons. The third-order valence-corrected chi connectivity index (χ3v) is 6.40. The molecule has 1 aromatic heterocycles. The van der Waals surface area contributed by atoms with E-state index < -0.39 is 0 Å². The molecule has 1 saturated heterocycles. The molecule has 0 spiro atoms. The van der Waals surface area contributed by atoms with Crippen molar-refractivity contribution in [2.45, 2.75) is 25.5 Å². The summed E-state index contributed by atoms with van der Waals surface area (Å²) in [5, 5.41) is 9.06. The van der Waals surface area contributed by atoms with Crippen LogP contribution in [0, 0.1) is 12.8 Å². The van der Waals surface area contributed by atoms with E-state index in [0.717, 1.165) is 24.0 Å². The molecule has 2 aromatic rings. The van der Waals surface area contributed by atoms with Crippen LogP contribution in [0.5, 0.6) is 0 Å². The lowest BCUT2D eigenvalue weighted by Crippen LogP contribution is -2.33. The quantitative estimate of drug-likeness (QED) is 0.601. The van der Waals surface area contributed by atoms with E-state index >= 15 is 0 Å². The van der Waals surface area contributed by atoms with Gasteiger partial charge in [0, 0.05) is 35.9 Å². The number of thioether (sulfide) groups is 1. The molecule has 0 aliphatic carbocycles. The molecule has 7 nitrogen and oxygen atoms in total. The van der Waals surface area contributed by atoms with E-state index in [4.69, 9.17) is 4.52 Å². The summed E-state index contributed by atoms with van der Waals surface area (Å²) in [6.45, 7) is 6.10. The number of hydrogen-bond acceptors (Lipinski definition) is 6. The van der Waals surface area contributed by atoms with Crippen molar-refractivity contribution in [3.05, 3.63) is 40.6 Å². The normalized spacial score (nSPS) is 17.2. The summed E-state index contributed by atoms with van der Waals surface area (Å²) in [5.41, 5.74) is 1.20. The number of rotatable bonds is 8. The molecule has 156 valence electrons. The van der Waals surface area contributed by atoms with Crippen LogP contribution in [0.4, 0.5) is 11.5 Å². The highest BCUT2D eigenvalue weighted by molar-refractivity contribution is 9.10. The smallest absolute Gasteiger partial charge is 0.238 e. The molecule has 2 heterocycles. The first kappa shape index (κ1) is 21.7. The zero-order valence-electron chi connectivity index (χ0n) is 16.5. The number of nitrogens with zero attached hydrogens (tertiary/aromatic N) is 2. The predicted octanol–water partition coefficient (Wildman–Crippen LogP) is 3.45. The Morgan fingerprint density at radius 3 is 2.97 bits per heavy atom. The fraction of sp³-hybridized carbons (Fsp3) is 0.450. The summed E-state index contributed by atoms with van der Waals surface area (Å²) in [6.07, 6.45) is 1.05. The number of halogens is 1. The molecule has 9 heteroatoms. The van der Waals surface area contributed by atoms with Gasteiger partial charge in [-0.2, -0.15) is 0 Å². The lowest BCUT2D eigenvalue weighted by atomic mass is 10.1. The van der Waals surface area contributed by atoms with Gasteiger partial charge in [-0.3, -0.25) is 9.59 Å². The fourth-order valence-corrected chi connectivity index (χ4v) is 4.25. The minimum atomic E-state index is -0.365. The summed E-state index contributed by atoms with van der Waals surface area (Å²) >= 11 is 4.81. The molecular weight excluding hydrogens is 456 g/mol. The Hall–Kier alpha value is -2.00. The van der Waals surface area contributed by atoms with Gasteiger partial charge >= 0.3 is 0 Å². The lowest BCUT2D eigenvalue weighted by molar-refractivity contribution is -0.118. The number of amides is 2. The third-order valence-electron chi connectivity index (χ3n) is 4.76. The van der Waals surface area contributed by atoms with Crippen LogP contribution in [-0.4, -0.2) is 47.6 Å². The molecule has 1 aromatic carbocycles. The Morgan fingerprint density at radius 2 is 2.24 bits per heavy atom. The zero-order valence-corrected chi connectivity index (χ0v) is 18.9. The van der Waals surface area contributed by atoms with Gasteiger partial charge in [-0.1, -0.05) is 27.2 Å². The Labute approximate surface area is 183 Å². The molecule has 0 bridgehead atoms. The second-order valence-electron chi connectivity index (χ2n) is 7.15. The molecule has 2 unspecified atom stereocenters. The van der Waals surface area contributed by atoms with Gasteiger partial charge in [0.05, 0.1) is 11.0 Å². The third kappa shape index (κ3) is 6.50. The van der Waals surface area contributed by atoms with Crippen LogP contribution in [0.25, 0.3) is 0 Å². The van der Waals surface area contributed by atoms with Gasteiger partial charge in [0.15, 0.2) is 5.82 Å². The monoisotopic (exact) mass is 480 g/mol. The number of benzene rings is 1. The molecule has 3 rings (SSSR count). The molecule has 1 aliphatic heterocycles. The number of aromatic nitrogens is 1. The van der Waals surface area contributed by atoms with Gasteiger partial charge in [0.1, 0.15) is 5.76 Å². The van der Waals surface area contributed by atoms with Crippen LogP contribution < -0.4 is 15.5 Å². The minimum absolute atomic E-state index is 0.0483. The van der Waals surface area contributed by atoms with E-state index in [-0.39, 0.29) is 22.8 Å². The van der Waals surface area contributed by atoms with Crippen molar-refractivity contribution in [1.82, 2.24) is 10.5 Å². The van der Waals surface area contributed by atoms with Gasteiger partial charge in [0.2, 0.25) is 11.8 Å². The molecule has 1 aliphatic rings. The Balaban J connectivity index is 1.35. The number of carbonyl (C=O) groups excluding carboxylic acids is 2. The van der Waals surface area contributed by atoms with E-state index in [9.17, 15) is 9.59 Å². The number of anilines is 2. The van der Waals surface area contributed by atoms with Crippen LogP contribution in [0.2, 0.25) is 0 Å². The summed E-state index contributed by atoms with van der Waals surface area (Å²) in [5.74, 6) is 1.45. The van der Waals surface area contributed by atoms with Crippen molar-refractivity contribution in [2.75, 3.05) is 35.6 Å². The molecule has 29 heavy (non-hydrogen) atoms. The van der Waals surface area contributed by atoms with Crippen molar-refractivity contribution in [3.8, 4) is 0 Å². The SMILES string of the molecule is Cc1cc(NC(=O)C(C)SCC(=O)NCC2CCN(c3cccc(Br)c3)C2)no1. The topological polar surface area (TPSA) is 87.5 Å². The standard InChI is InChI=1S/C20H25BrN4O3S/c1-13-8-18(24-28-13)23-20(27)14(2)29-12-19(26)22-10-15-6-7-25(11-15)17-5-3-4-16(21)9-17/h3-5,8-9,14-15H,6-7,10-12H2,1-2H3,(H,22,26)(H,23,24,27). The molecule has 2 amide bonds. The van der Waals surface area contributed by atoms with E-state index in [1.54, 1.807) is 19.9 Å². The van der Waals surface area contributed by atoms with Gasteiger partial charge in [0.25, 0.3) is 0 Å². The number of hydrogen-bond donors (Lipinski definition) is 2. The van der Waals surface area contributed by atoms with E-state index in [2.05, 4.69) is 48.8 Å². The van der Waals surface area contributed by atoms with E-state index in [1.807, 2.05) is 12.1 Å². The second kappa shape index (κ2) is 10.2. The van der Waals surface area contributed by atoms with Crippen molar-refractivity contribution in [1.29, 1.82) is 0 Å². The van der Waals surface area contributed by atoms with Crippen molar-refractivity contribution in [3.63, 3.8) is 0 Å². The molecular formula is C20H25BrN4O3S. The summed E-state index contributed by atoms with van der Waals surface area (Å²) in [4.78, 5) is 26.7. The molecule has 1 fully saturated rings. The van der Waals surface area contributed by atoms with Crippen molar-refractivity contribution in [2.24, 2.45) is 5.92 Å². The summed E-state index contributed by atoms with van der Waals surface area (Å²) in [7, 11) is 0. The number of aryl methyl sites for hydroxylation is 1. The highest BCUT2D eigenvalue weighted by Gasteiger charge is 2.23. The molecule has 2 atom stereocenters. The van der Waals surface area contributed by atoms with Crippen LogP contribution in [0.1, 0.15) is 19.1 Å². The first-order valence-electron chi connectivity index (χ1n) is 9.53. The predicted molar refractivity (Wildman–Crippen MR) is 119 cm³/mol. The van der Waals surface area contributed by atoms with Crippen LogP contribution in [-0.2, 0) is 9.59 Å². The van der Waals surface area contributed by atoms with Gasteiger partial charge in [-0.25, -0.2) is 0 Å². The Morgan fingerprint density at radius 1 is 1.41 bits per heavy atom. The maximum absolute atomic E-state index is 12.2. The average Bonchev–Trinajstić information content (AvgIpc) is 3.33. The maximum atomic E-state index is 12.2. The first-order valence-corrected chi connectivity index (χ1v) is 11.4. The van der Waals surface area contributed by atoms with E-state index in [0.29, 0.717) is 24.0 Å². The minimum Gasteiger partial charge on any atom is -0.371 e. The molecule has 0 saturated carbocycles. The molecule has 2 N–H and O–H groups in total. The highest BCUT2D eigenvalue weighted by atomic mass is 79.9. The first-order chi connectivity index (χ1) is 13.9.